The molecular formula is C28H22FNO2S. The van der Waals surface area contributed by atoms with Crippen LogP contribution in [0.15, 0.2) is 108 Å². The fourth-order valence-corrected chi connectivity index (χ4v) is 6.15. The van der Waals surface area contributed by atoms with Crippen molar-refractivity contribution in [3.05, 3.63) is 126 Å². The van der Waals surface area contributed by atoms with Crippen molar-refractivity contribution in [2.45, 2.75) is 17.1 Å². The highest BCUT2D eigenvalue weighted by atomic mass is 32.2. The van der Waals surface area contributed by atoms with Crippen molar-refractivity contribution in [3.8, 4) is 11.3 Å². The van der Waals surface area contributed by atoms with Gasteiger partial charge >= 0.3 is 0 Å². The van der Waals surface area contributed by atoms with Crippen LogP contribution in [0.4, 0.5) is 4.39 Å². The maximum Gasteiger partial charge on any atom is 0.189 e. The van der Waals surface area contributed by atoms with Crippen LogP contribution in [0, 0.1) is 12.7 Å². The molecule has 0 saturated carbocycles. The Balaban J connectivity index is 1.86. The molecule has 5 rings (SSSR count). The lowest BCUT2D eigenvalue weighted by atomic mass is 9.98. The first-order valence-corrected chi connectivity index (χ1v) is 12.2. The summed E-state index contributed by atoms with van der Waals surface area (Å²) in [6.45, 7) is 1.91. The molecule has 1 heterocycles. The minimum Gasteiger partial charge on any atom is -0.354 e. The number of H-pyrrole nitrogens is 1. The van der Waals surface area contributed by atoms with Gasteiger partial charge in [0.25, 0.3) is 0 Å². The average molecular weight is 456 g/mol. The Morgan fingerprint density at radius 2 is 1.48 bits per heavy atom. The van der Waals surface area contributed by atoms with Crippen LogP contribution in [-0.4, -0.2) is 13.4 Å². The van der Waals surface area contributed by atoms with Gasteiger partial charge in [-0.2, -0.15) is 0 Å². The van der Waals surface area contributed by atoms with Gasteiger partial charge in [-0.25, -0.2) is 12.8 Å². The molecule has 0 saturated heterocycles. The number of aromatic amines is 1. The number of aromatic nitrogens is 1. The monoisotopic (exact) mass is 455 g/mol. The van der Waals surface area contributed by atoms with Crippen LogP contribution in [0.3, 0.4) is 0 Å². The first-order valence-electron chi connectivity index (χ1n) is 10.7. The molecule has 0 fully saturated rings. The molecular weight excluding hydrogens is 433 g/mol. The summed E-state index contributed by atoms with van der Waals surface area (Å²) >= 11 is 0. The third kappa shape index (κ3) is 3.85. The largest absolute Gasteiger partial charge is 0.354 e. The van der Waals surface area contributed by atoms with Crippen molar-refractivity contribution in [3.63, 3.8) is 0 Å². The Kier molecular flexibility index (Phi) is 5.35. The van der Waals surface area contributed by atoms with E-state index in [4.69, 9.17) is 0 Å². The van der Waals surface area contributed by atoms with E-state index in [1.807, 2.05) is 61.5 Å². The molecule has 1 N–H and O–H groups in total. The summed E-state index contributed by atoms with van der Waals surface area (Å²) < 4.78 is 42.6. The third-order valence-corrected chi connectivity index (χ3v) is 7.94. The summed E-state index contributed by atoms with van der Waals surface area (Å²) in [5.74, 6) is -0.474. The number of hydrogen-bond donors (Lipinski definition) is 1. The normalized spacial score (nSPS) is 12.7. The second-order valence-electron chi connectivity index (χ2n) is 8.12. The Bertz CT molecular complexity index is 1540. The van der Waals surface area contributed by atoms with Gasteiger partial charge < -0.3 is 4.98 Å². The van der Waals surface area contributed by atoms with E-state index in [9.17, 15) is 12.8 Å². The van der Waals surface area contributed by atoms with Crippen LogP contribution in [0.25, 0.3) is 22.2 Å². The van der Waals surface area contributed by atoms with Crippen LogP contribution in [0.2, 0.25) is 0 Å². The predicted molar refractivity (Wildman–Crippen MR) is 130 cm³/mol. The van der Waals surface area contributed by atoms with Crippen molar-refractivity contribution < 1.29 is 12.8 Å². The van der Waals surface area contributed by atoms with Crippen molar-refractivity contribution in [2.24, 2.45) is 0 Å². The lowest BCUT2D eigenvalue weighted by Crippen LogP contribution is -2.16. The number of para-hydroxylation sites is 1. The van der Waals surface area contributed by atoms with Crippen LogP contribution in [0.5, 0.6) is 0 Å². The number of nitrogens with one attached hydrogen (secondary N) is 1. The molecule has 4 aromatic carbocycles. The molecule has 0 spiro atoms. The maximum atomic E-state index is 14.3. The Morgan fingerprint density at radius 1 is 0.788 bits per heavy atom. The van der Waals surface area contributed by atoms with Gasteiger partial charge in [-0.05, 0) is 48.4 Å². The van der Waals surface area contributed by atoms with E-state index in [2.05, 4.69) is 4.98 Å². The Labute approximate surface area is 192 Å². The van der Waals surface area contributed by atoms with Gasteiger partial charge in [0.15, 0.2) is 9.84 Å². The third-order valence-electron chi connectivity index (χ3n) is 5.88. The molecule has 1 unspecified atom stereocenters. The van der Waals surface area contributed by atoms with E-state index < -0.39 is 20.9 Å². The number of fused-ring (bicyclic) bond motifs is 1. The molecule has 0 aliphatic heterocycles. The zero-order valence-corrected chi connectivity index (χ0v) is 18.8. The second kappa shape index (κ2) is 8.34. The molecule has 0 radical (unpaired) electrons. The van der Waals surface area contributed by atoms with Gasteiger partial charge in [0, 0.05) is 16.5 Å². The molecule has 0 bridgehead atoms. The maximum absolute atomic E-state index is 14.3. The molecule has 0 aliphatic rings. The Hall–Kier alpha value is -3.70. The van der Waals surface area contributed by atoms with Gasteiger partial charge in [-0.1, -0.05) is 78.4 Å². The van der Waals surface area contributed by atoms with Gasteiger partial charge in [-0.3, -0.25) is 0 Å². The van der Waals surface area contributed by atoms with E-state index in [-0.39, 0.29) is 4.90 Å². The van der Waals surface area contributed by atoms with Crippen LogP contribution < -0.4 is 0 Å². The van der Waals surface area contributed by atoms with Crippen LogP contribution in [-0.2, 0) is 9.84 Å². The number of hydrogen-bond acceptors (Lipinski definition) is 2. The van der Waals surface area contributed by atoms with Crippen molar-refractivity contribution in [2.75, 3.05) is 0 Å². The molecule has 0 amide bonds. The van der Waals surface area contributed by atoms with Crippen LogP contribution in [0.1, 0.15) is 21.9 Å². The number of halogens is 1. The minimum absolute atomic E-state index is 0.201. The Morgan fingerprint density at radius 3 is 2.21 bits per heavy atom. The standard InChI is InChI=1S/C28H22FNO2S/c1-19-14-16-23(17-15-19)33(31,32)28(21-10-7-11-22(29)18-21)26-24-12-5-6-13-25(24)30-27(26)20-8-3-2-4-9-20/h2-18,28,30H,1H3. The molecule has 5 aromatic rings. The lowest BCUT2D eigenvalue weighted by Gasteiger charge is -2.20. The predicted octanol–water partition coefficient (Wildman–Crippen LogP) is 6.85. The summed E-state index contributed by atoms with van der Waals surface area (Å²) in [6, 6.07) is 29.9. The van der Waals surface area contributed by atoms with E-state index in [0.717, 1.165) is 22.0 Å². The van der Waals surface area contributed by atoms with E-state index in [1.165, 1.54) is 12.1 Å². The summed E-state index contributed by atoms with van der Waals surface area (Å²) in [5.41, 5.74) is 4.37. The van der Waals surface area contributed by atoms with E-state index >= 15 is 0 Å². The molecule has 1 atom stereocenters. The fourth-order valence-electron chi connectivity index (χ4n) is 4.30. The zero-order chi connectivity index (χ0) is 23.0. The smallest absolute Gasteiger partial charge is 0.189 e. The zero-order valence-electron chi connectivity index (χ0n) is 18.0. The lowest BCUT2D eigenvalue weighted by molar-refractivity contribution is 0.588. The first kappa shape index (κ1) is 21.2. The van der Waals surface area contributed by atoms with Gasteiger partial charge in [-0.15, -0.1) is 0 Å². The van der Waals surface area contributed by atoms with E-state index in [1.54, 1.807) is 36.4 Å². The second-order valence-corrected chi connectivity index (χ2v) is 10.2. The number of sulfone groups is 1. The molecule has 1 aromatic heterocycles. The van der Waals surface area contributed by atoms with Crippen LogP contribution >= 0.6 is 0 Å². The number of aryl methyl sites for hydroxylation is 1. The van der Waals surface area contributed by atoms with Gasteiger partial charge in [0.05, 0.1) is 10.6 Å². The van der Waals surface area contributed by atoms with Gasteiger partial charge in [0.1, 0.15) is 11.1 Å². The van der Waals surface area contributed by atoms with Crippen molar-refractivity contribution in [1.82, 2.24) is 4.98 Å². The highest BCUT2D eigenvalue weighted by Crippen LogP contribution is 2.43. The number of rotatable bonds is 5. The number of benzene rings is 4. The topological polar surface area (TPSA) is 49.9 Å². The average Bonchev–Trinajstić information content (AvgIpc) is 3.19. The molecule has 33 heavy (non-hydrogen) atoms. The quantitative estimate of drug-likeness (QED) is 0.315. The van der Waals surface area contributed by atoms with E-state index in [0.29, 0.717) is 16.8 Å². The summed E-state index contributed by atoms with van der Waals surface area (Å²) in [4.78, 5) is 3.62. The first-order chi connectivity index (χ1) is 15.9. The molecule has 0 aliphatic carbocycles. The summed E-state index contributed by atoms with van der Waals surface area (Å²) in [7, 11) is -3.92. The van der Waals surface area contributed by atoms with Crippen molar-refractivity contribution >= 4 is 20.7 Å². The van der Waals surface area contributed by atoms with Gasteiger partial charge in [0.2, 0.25) is 0 Å². The highest BCUT2D eigenvalue weighted by molar-refractivity contribution is 7.92. The van der Waals surface area contributed by atoms with Crippen molar-refractivity contribution in [1.29, 1.82) is 0 Å². The molecule has 164 valence electrons. The summed E-state index contributed by atoms with van der Waals surface area (Å²) in [5, 5.41) is -0.302. The highest BCUT2D eigenvalue weighted by Gasteiger charge is 2.35. The molecule has 3 nitrogen and oxygen atoms in total. The summed E-state index contributed by atoms with van der Waals surface area (Å²) in [6.07, 6.45) is 0. The SMILES string of the molecule is Cc1ccc(S(=O)(=O)C(c2cccc(F)c2)c2c(-c3ccccc3)[nH]c3ccccc23)cc1. The molecule has 5 heteroatoms. The minimum atomic E-state index is -3.92. The fraction of sp³-hybridized carbons (Fsp3) is 0.0714.